The zero-order valence-corrected chi connectivity index (χ0v) is 16.0. The Balaban J connectivity index is 1.48. The summed E-state index contributed by atoms with van der Waals surface area (Å²) in [4.78, 5) is 27.3. The molecule has 0 bridgehead atoms. The van der Waals surface area contributed by atoms with Crippen molar-refractivity contribution in [1.29, 1.82) is 0 Å². The van der Waals surface area contributed by atoms with Gasteiger partial charge in [-0.1, -0.05) is 48.5 Å². The van der Waals surface area contributed by atoms with Gasteiger partial charge in [0.2, 0.25) is 5.90 Å². The summed E-state index contributed by atoms with van der Waals surface area (Å²) in [6, 6.07) is 23.0. The number of ether oxygens (including phenoxy) is 1. The van der Waals surface area contributed by atoms with Crippen molar-refractivity contribution in [2.75, 3.05) is 0 Å². The van der Waals surface area contributed by atoms with E-state index in [1.807, 2.05) is 42.5 Å². The van der Waals surface area contributed by atoms with Crippen molar-refractivity contribution in [3.05, 3.63) is 106 Å². The highest BCUT2D eigenvalue weighted by atomic mass is 16.6. The van der Waals surface area contributed by atoms with Gasteiger partial charge in [-0.25, -0.2) is 9.79 Å². The Labute approximate surface area is 176 Å². The Morgan fingerprint density at radius 3 is 2.61 bits per heavy atom. The molecule has 0 fully saturated rings. The van der Waals surface area contributed by atoms with Gasteiger partial charge in [0.1, 0.15) is 11.5 Å². The number of benzene rings is 3. The lowest BCUT2D eigenvalue weighted by molar-refractivity contribution is -0.384. The molecule has 5 rings (SSSR count). The Morgan fingerprint density at radius 2 is 1.74 bits per heavy atom. The highest BCUT2D eigenvalue weighted by Gasteiger charge is 2.25. The van der Waals surface area contributed by atoms with Gasteiger partial charge in [0, 0.05) is 29.3 Å². The maximum absolute atomic E-state index is 12.4. The van der Waals surface area contributed by atoms with Crippen LogP contribution < -0.4 is 0 Å². The molecule has 0 saturated heterocycles. The molecule has 0 radical (unpaired) electrons. The average Bonchev–Trinajstić information content (AvgIpc) is 3.40. The molecule has 1 aromatic heterocycles. The number of cyclic esters (lactones) is 1. The van der Waals surface area contributed by atoms with Gasteiger partial charge in [0.05, 0.1) is 4.92 Å². The van der Waals surface area contributed by atoms with Gasteiger partial charge < -0.3 is 9.15 Å². The molecule has 7 nitrogen and oxygen atoms in total. The van der Waals surface area contributed by atoms with Crippen LogP contribution in [0.3, 0.4) is 0 Å². The molecular weight excluding hydrogens is 396 g/mol. The lowest BCUT2D eigenvalue weighted by Gasteiger charge is -2.04. The number of hydrogen-bond donors (Lipinski definition) is 0. The smallest absolute Gasteiger partial charge is 0.363 e. The molecule has 0 spiro atoms. The highest BCUT2D eigenvalue weighted by Crippen LogP contribution is 2.28. The van der Waals surface area contributed by atoms with Crippen molar-refractivity contribution in [3.63, 3.8) is 0 Å². The molecule has 3 aromatic carbocycles. The molecule has 7 heteroatoms. The molecule has 1 aliphatic heterocycles. The van der Waals surface area contributed by atoms with Crippen molar-refractivity contribution in [1.82, 2.24) is 0 Å². The number of non-ortho nitro benzene ring substituents is 1. The second kappa shape index (κ2) is 7.38. The van der Waals surface area contributed by atoms with Gasteiger partial charge in [-0.2, -0.15) is 0 Å². The van der Waals surface area contributed by atoms with Crippen LogP contribution in [0.2, 0.25) is 0 Å². The van der Waals surface area contributed by atoms with E-state index in [2.05, 4.69) is 4.99 Å². The van der Waals surface area contributed by atoms with E-state index in [0.29, 0.717) is 17.1 Å². The van der Waals surface area contributed by atoms with Crippen molar-refractivity contribution in [3.8, 4) is 11.3 Å². The number of carbonyl (C=O) groups excluding carboxylic acids is 1. The second-order valence-corrected chi connectivity index (χ2v) is 6.87. The molecule has 1 aliphatic rings. The van der Waals surface area contributed by atoms with Gasteiger partial charge >= 0.3 is 5.97 Å². The minimum absolute atomic E-state index is 0.0301. The predicted molar refractivity (Wildman–Crippen MR) is 115 cm³/mol. The lowest BCUT2D eigenvalue weighted by atomic mass is 10.0. The number of hydrogen-bond acceptors (Lipinski definition) is 6. The van der Waals surface area contributed by atoms with Crippen LogP contribution in [0.25, 0.3) is 28.2 Å². The first kappa shape index (κ1) is 18.5. The van der Waals surface area contributed by atoms with E-state index in [0.717, 1.165) is 16.3 Å². The van der Waals surface area contributed by atoms with E-state index < -0.39 is 10.9 Å². The van der Waals surface area contributed by atoms with Crippen LogP contribution in [-0.4, -0.2) is 16.8 Å². The van der Waals surface area contributed by atoms with Crippen molar-refractivity contribution >= 4 is 34.4 Å². The van der Waals surface area contributed by atoms with Gasteiger partial charge in [-0.05, 0) is 29.0 Å². The Kier molecular flexibility index (Phi) is 4.41. The number of esters is 1. The average molecular weight is 410 g/mol. The first-order valence-corrected chi connectivity index (χ1v) is 9.44. The summed E-state index contributed by atoms with van der Waals surface area (Å²) >= 11 is 0. The fraction of sp³-hybridized carbons (Fsp3) is 0. The number of rotatable bonds is 4. The molecule has 150 valence electrons. The number of aliphatic imine (C=N–C) groups is 1. The van der Waals surface area contributed by atoms with Crippen LogP contribution in [-0.2, 0) is 9.53 Å². The van der Waals surface area contributed by atoms with Crippen LogP contribution in [0, 0.1) is 10.1 Å². The molecular formula is C24H14N2O5. The van der Waals surface area contributed by atoms with E-state index in [9.17, 15) is 14.9 Å². The largest absolute Gasteiger partial charge is 0.457 e. The molecule has 0 unspecified atom stereocenters. The number of furan rings is 1. The standard InChI is InChI=1S/C24H14N2O5/c27-24-21(25-23(31-24)20-10-4-6-15-5-1-2-9-19(15)20)14-18-11-12-22(30-18)16-7-3-8-17(13-16)26(28)29/h1-14H/b21-14+. The van der Waals surface area contributed by atoms with Gasteiger partial charge in [-0.15, -0.1) is 0 Å². The molecule has 0 N–H and O–H groups in total. The summed E-state index contributed by atoms with van der Waals surface area (Å²) in [6.07, 6.45) is 1.49. The Morgan fingerprint density at radius 1 is 0.935 bits per heavy atom. The van der Waals surface area contributed by atoms with Crippen LogP contribution in [0.1, 0.15) is 11.3 Å². The van der Waals surface area contributed by atoms with Gasteiger partial charge in [0.25, 0.3) is 5.69 Å². The number of nitro benzene ring substituents is 1. The number of carbonyl (C=O) groups is 1. The van der Waals surface area contributed by atoms with Gasteiger partial charge in [-0.3, -0.25) is 10.1 Å². The zero-order valence-electron chi connectivity index (χ0n) is 16.0. The van der Waals surface area contributed by atoms with E-state index >= 15 is 0 Å². The molecule has 2 heterocycles. The highest BCUT2D eigenvalue weighted by molar-refractivity contribution is 6.17. The van der Waals surface area contributed by atoms with Crippen LogP contribution in [0.4, 0.5) is 5.69 Å². The van der Waals surface area contributed by atoms with E-state index in [4.69, 9.17) is 9.15 Å². The second-order valence-electron chi connectivity index (χ2n) is 6.87. The van der Waals surface area contributed by atoms with Crippen molar-refractivity contribution in [2.24, 2.45) is 4.99 Å². The lowest BCUT2D eigenvalue weighted by Crippen LogP contribution is -2.05. The first-order chi connectivity index (χ1) is 15.1. The summed E-state index contributed by atoms with van der Waals surface area (Å²) in [7, 11) is 0. The Bertz CT molecular complexity index is 1410. The molecule has 31 heavy (non-hydrogen) atoms. The van der Waals surface area contributed by atoms with Crippen LogP contribution >= 0.6 is 0 Å². The normalized spacial score (nSPS) is 14.6. The SMILES string of the molecule is O=C1OC(c2cccc3ccccc23)=N/C1=C/c1ccc(-c2cccc([N+](=O)[O-])c2)o1. The number of fused-ring (bicyclic) bond motifs is 1. The molecule has 0 amide bonds. The summed E-state index contributed by atoms with van der Waals surface area (Å²) in [5.41, 5.74) is 1.37. The third kappa shape index (κ3) is 3.49. The van der Waals surface area contributed by atoms with E-state index in [1.165, 1.54) is 18.2 Å². The van der Waals surface area contributed by atoms with Crippen molar-refractivity contribution < 1.29 is 18.9 Å². The third-order valence-corrected chi connectivity index (χ3v) is 4.89. The number of nitro groups is 1. The molecule has 4 aromatic rings. The number of nitrogens with zero attached hydrogens (tertiary/aromatic N) is 2. The fourth-order valence-corrected chi connectivity index (χ4v) is 3.43. The van der Waals surface area contributed by atoms with E-state index in [1.54, 1.807) is 24.3 Å². The maximum atomic E-state index is 12.4. The monoisotopic (exact) mass is 410 g/mol. The minimum atomic E-state index is -0.573. The first-order valence-electron chi connectivity index (χ1n) is 9.44. The summed E-state index contributed by atoms with van der Waals surface area (Å²) < 4.78 is 11.1. The van der Waals surface area contributed by atoms with Gasteiger partial charge in [0.15, 0.2) is 5.70 Å². The molecule has 0 saturated carbocycles. The van der Waals surface area contributed by atoms with E-state index in [-0.39, 0.29) is 17.3 Å². The summed E-state index contributed by atoms with van der Waals surface area (Å²) in [5, 5.41) is 12.9. The van der Waals surface area contributed by atoms with Crippen LogP contribution in [0.5, 0.6) is 0 Å². The topological polar surface area (TPSA) is 94.9 Å². The quantitative estimate of drug-likeness (QED) is 0.196. The van der Waals surface area contributed by atoms with Crippen molar-refractivity contribution in [2.45, 2.75) is 0 Å². The molecule has 0 aliphatic carbocycles. The molecule has 0 atom stereocenters. The maximum Gasteiger partial charge on any atom is 0.363 e. The summed E-state index contributed by atoms with van der Waals surface area (Å²) in [5.74, 6) is 0.492. The minimum Gasteiger partial charge on any atom is -0.457 e. The Hall–Kier alpha value is -4.52. The predicted octanol–water partition coefficient (Wildman–Crippen LogP) is 5.35. The van der Waals surface area contributed by atoms with Crippen LogP contribution in [0.15, 0.2) is 94.0 Å². The zero-order chi connectivity index (χ0) is 21.4. The fourth-order valence-electron chi connectivity index (χ4n) is 3.43. The third-order valence-electron chi connectivity index (χ3n) is 4.89. The summed E-state index contributed by atoms with van der Waals surface area (Å²) in [6.45, 7) is 0.